The molecule has 0 atom stereocenters. The molecule has 0 unspecified atom stereocenters. The third-order valence-electron chi connectivity index (χ3n) is 2.73. The summed E-state index contributed by atoms with van der Waals surface area (Å²) in [6.45, 7) is 1.97. The Morgan fingerprint density at radius 2 is 1.95 bits per heavy atom. The van der Waals surface area contributed by atoms with Gasteiger partial charge in [0.1, 0.15) is 9.88 Å². The monoisotopic (exact) mass is 291 g/mol. The van der Waals surface area contributed by atoms with Crippen LogP contribution in [0.2, 0.25) is 0 Å². The molecule has 6 heteroatoms. The Bertz CT molecular complexity index is 646. The summed E-state index contributed by atoms with van der Waals surface area (Å²) in [6, 6.07) is 7.61. The van der Waals surface area contributed by atoms with Crippen molar-refractivity contribution in [3.05, 3.63) is 40.4 Å². The van der Waals surface area contributed by atoms with E-state index in [1.165, 1.54) is 7.11 Å². The molecule has 0 fully saturated rings. The number of aromatic carboxylic acids is 1. The van der Waals surface area contributed by atoms with Gasteiger partial charge in [-0.05, 0) is 6.92 Å². The summed E-state index contributed by atoms with van der Waals surface area (Å²) >= 11 is 1.06. The lowest BCUT2D eigenvalue weighted by Crippen LogP contribution is -2.08. The second-order valence-corrected chi connectivity index (χ2v) is 5.22. The Morgan fingerprint density at radius 1 is 1.30 bits per heavy atom. The zero-order chi connectivity index (χ0) is 14.7. The molecule has 0 saturated heterocycles. The predicted octanol–water partition coefficient (Wildman–Crippen LogP) is 2.53. The summed E-state index contributed by atoms with van der Waals surface area (Å²) in [5.74, 6) is -1.59. The largest absolute Gasteiger partial charge is 0.477 e. The van der Waals surface area contributed by atoms with Crippen molar-refractivity contribution in [3.8, 4) is 10.6 Å². The summed E-state index contributed by atoms with van der Waals surface area (Å²) in [5, 5.41) is 9.76. The van der Waals surface area contributed by atoms with Crippen LogP contribution in [0.1, 0.15) is 20.9 Å². The minimum atomic E-state index is -1.08. The average molecular weight is 291 g/mol. The average Bonchev–Trinajstić information content (AvgIpc) is 2.83. The second kappa shape index (κ2) is 5.83. The van der Waals surface area contributed by atoms with Crippen molar-refractivity contribution in [2.75, 3.05) is 7.11 Å². The summed E-state index contributed by atoms with van der Waals surface area (Å²) in [5.41, 5.74) is 2.18. The number of ether oxygens (including phenoxy) is 1. The minimum absolute atomic E-state index is 0.0750. The maximum atomic E-state index is 11.3. The van der Waals surface area contributed by atoms with Crippen LogP contribution in [0.15, 0.2) is 24.3 Å². The molecular formula is C14H13NO4S. The normalized spacial score (nSPS) is 10.3. The smallest absolute Gasteiger partial charge is 0.347 e. The van der Waals surface area contributed by atoms with Gasteiger partial charge in [-0.2, -0.15) is 0 Å². The Morgan fingerprint density at radius 3 is 2.50 bits per heavy atom. The van der Waals surface area contributed by atoms with E-state index in [4.69, 9.17) is 0 Å². The fraction of sp³-hybridized carbons (Fsp3) is 0.214. The van der Waals surface area contributed by atoms with Crippen LogP contribution in [0.3, 0.4) is 0 Å². The highest BCUT2D eigenvalue weighted by Crippen LogP contribution is 2.28. The van der Waals surface area contributed by atoms with Gasteiger partial charge in [0, 0.05) is 5.56 Å². The number of aryl methyl sites for hydroxylation is 1. The van der Waals surface area contributed by atoms with Gasteiger partial charge in [-0.25, -0.2) is 9.78 Å². The number of esters is 1. The van der Waals surface area contributed by atoms with E-state index in [0.29, 0.717) is 5.01 Å². The van der Waals surface area contributed by atoms with Crippen molar-refractivity contribution in [2.45, 2.75) is 13.3 Å². The Balaban J connectivity index is 2.40. The van der Waals surface area contributed by atoms with Crippen molar-refractivity contribution >= 4 is 23.3 Å². The zero-order valence-corrected chi connectivity index (χ0v) is 11.9. The first kappa shape index (κ1) is 14.2. The van der Waals surface area contributed by atoms with Gasteiger partial charge < -0.3 is 9.84 Å². The van der Waals surface area contributed by atoms with Gasteiger partial charge in [0.15, 0.2) is 0 Å². The van der Waals surface area contributed by atoms with Crippen molar-refractivity contribution in [1.29, 1.82) is 0 Å². The molecule has 20 heavy (non-hydrogen) atoms. The number of thiazole rings is 1. The summed E-state index contributed by atoms with van der Waals surface area (Å²) in [4.78, 5) is 26.8. The molecule has 0 amide bonds. The number of methoxy groups -OCH3 is 1. The van der Waals surface area contributed by atoms with E-state index in [1.54, 1.807) is 0 Å². The third kappa shape index (κ3) is 3.03. The molecule has 104 valence electrons. The molecule has 0 aliphatic rings. The molecule has 0 aliphatic heterocycles. The molecule has 5 nitrogen and oxygen atoms in total. The van der Waals surface area contributed by atoms with Gasteiger partial charge in [0.2, 0.25) is 0 Å². The summed E-state index contributed by atoms with van der Waals surface area (Å²) < 4.78 is 4.55. The summed E-state index contributed by atoms with van der Waals surface area (Å²) in [6.07, 6.45) is -0.138. The number of hydrogen-bond donors (Lipinski definition) is 1. The van der Waals surface area contributed by atoms with E-state index in [0.717, 1.165) is 22.5 Å². The van der Waals surface area contributed by atoms with E-state index in [-0.39, 0.29) is 17.0 Å². The first-order valence-electron chi connectivity index (χ1n) is 5.88. The highest BCUT2D eigenvalue weighted by Gasteiger charge is 2.20. The first-order valence-corrected chi connectivity index (χ1v) is 6.69. The number of rotatable bonds is 4. The van der Waals surface area contributed by atoms with Crippen LogP contribution in [0.4, 0.5) is 0 Å². The highest BCUT2D eigenvalue weighted by molar-refractivity contribution is 7.17. The Hall–Kier alpha value is -2.21. The van der Waals surface area contributed by atoms with Crippen LogP contribution in [0.5, 0.6) is 0 Å². The number of carboxylic acids is 1. The van der Waals surface area contributed by atoms with Crippen molar-refractivity contribution in [2.24, 2.45) is 0 Å². The molecule has 0 bridgehead atoms. The minimum Gasteiger partial charge on any atom is -0.477 e. The number of hydrogen-bond acceptors (Lipinski definition) is 5. The second-order valence-electron chi connectivity index (χ2n) is 4.22. The van der Waals surface area contributed by atoms with Crippen LogP contribution in [-0.2, 0) is 16.0 Å². The maximum Gasteiger partial charge on any atom is 0.347 e. The molecule has 0 spiro atoms. The molecule has 2 aromatic rings. The Kier molecular flexibility index (Phi) is 4.14. The van der Waals surface area contributed by atoms with E-state index in [1.807, 2.05) is 31.2 Å². The lowest BCUT2D eigenvalue weighted by molar-refractivity contribution is -0.139. The number of benzene rings is 1. The fourth-order valence-electron chi connectivity index (χ4n) is 1.67. The number of aromatic nitrogens is 1. The topological polar surface area (TPSA) is 76.5 Å². The Labute approximate surface area is 119 Å². The number of nitrogens with zero attached hydrogens (tertiary/aromatic N) is 1. The van der Waals surface area contributed by atoms with E-state index >= 15 is 0 Å². The van der Waals surface area contributed by atoms with Gasteiger partial charge in [-0.1, -0.05) is 29.8 Å². The van der Waals surface area contributed by atoms with Crippen LogP contribution >= 0.6 is 11.3 Å². The van der Waals surface area contributed by atoms with E-state index in [9.17, 15) is 14.7 Å². The SMILES string of the molecule is COC(=O)Cc1nc(-c2ccc(C)cc2)sc1C(=O)O. The van der Waals surface area contributed by atoms with Crippen molar-refractivity contribution in [1.82, 2.24) is 4.98 Å². The van der Waals surface area contributed by atoms with Gasteiger partial charge in [0.25, 0.3) is 0 Å². The molecule has 0 saturated carbocycles. The molecular weight excluding hydrogens is 278 g/mol. The lowest BCUT2D eigenvalue weighted by atomic mass is 10.2. The molecule has 1 aromatic heterocycles. The third-order valence-corrected chi connectivity index (χ3v) is 3.86. The molecule has 0 radical (unpaired) electrons. The van der Waals surface area contributed by atoms with Crippen LogP contribution in [-0.4, -0.2) is 29.1 Å². The maximum absolute atomic E-state index is 11.3. The van der Waals surface area contributed by atoms with Crippen molar-refractivity contribution in [3.63, 3.8) is 0 Å². The van der Waals surface area contributed by atoms with Gasteiger partial charge in [-0.3, -0.25) is 4.79 Å². The molecule has 0 aliphatic carbocycles. The number of carboxylic acid groups (broad SMARTS) is 1. The van der Waals surface area contributed by atoms with Crippen LogP contribution < -0.4 is 0 Å². The fourth-order valence-corrected chi connectivity index (χ4v) is 2.59. The van der Waals surface area contributed by atoms with Crippen molar-refractivity contribution < 1.29 is 19.4 Å². The molecule has 1 N–H and O–H groups in total. The number of carbonyl (C=O) groups is 2. The number of carbonyl (C=O) groups excluding carboxylic acids is 1. The lowest BCUT2D eigenvalue weighted by Gasteiger charge is -1.97. The van der Waals surface area contributed by atoms with Gasteiger partial charge >= 0.3 is 11.9 Å². The zero-order valence-electron chi connectivity index (χ0n) is 11.0. The highest BCUT2D eigenvalue weighted by atomic mass is 32.1. The summed E-state index contributed by atoms with van der Waals surface area (Å²) in [7, 11) is 1.26. The first-order chi connectivity index (χ1) is 9.51. The molecule has 1 aromatic carbocycles. The molecule has 2 rings (SSSR count). The quantitative estimate of drug-likeness (QED) is 0.876. The van der Waals surface area contributed by atoms with E-state index in [2.05, 4.69) is 9.72 Å². The van der Waals surface area contributed by atoms with Crippen LogP contribution in [0, 0.1) is 6.92 Å². The van der Waals surface area contributed by atoms with Crippen LogP contribution in [0.25, 0.3) is 10.6 Å². The molecule has 1 heterocycles. The standard InChI is InChI=1S/C14H13NO4S/c1-8-3-5-9(6-4-8)13-15-10(7-11(16)19-2)12(20-13)14(17)18/h3-6H,7H2,1-2H3,(H,17,18). The van der Waals surface area contributed by atoms with E-state index < -0.39 is 11.9 Å². The predicted molar refractivity (Wildman–Crippen MR) is 75.0 cm³/mol. The van der Waals surface area contributed by atoms with Gasteiger partial charge in [-0.15, -0.1) is 11.3 Å². The van der Waals surface area contributed by atoms with Gasteiger partial charge in [0.05, 0.1) is 19.2 Å².